The minimum Gasteiger partial charge on any atom is -0.348 e. The van der Waals surface area contributed by atoms with Crippen molar-refractivity contribution in [2.24, 2.45) is 0 Å². The van der Waals surface area contributed by atoms with Gasteiger partial charge in [-0.25, -0.2) is 0 Å². The van der Waals surface area contributed by atoms with Crippen LogP contribution in [0.2, 0.25) is 0 Å². The van der Waals surface area contributed by atoms with Crippen molar-refractivity contribution in [2.75, 3.05) is 6.54 Å². The average Bonchev–Trinajstić information content (AvgIpc) is 2.90. The van der Waals surface area contributed by atoms with Gasteiger partial charge in [0.05, 0.1) is 12.1 Å². The van der Waals surface area contributed by atoms with Gasteiger partial charge in [0.2, 0.25) is 5.91 Å². The van der Waals surface area contributed by atoms with Crippen LogP contribution in [-0.2, 0) is 4.79 Å². The van der Waals surface area contributed by atoms with E-state index in [4.69, 9.17) is 0 Å². The molecule has 2 atom stereocenters. The lowest BCUT2D eigenvalue weighted by molar-refractivity contribution is -0.123. The van der Waals surface area contributed by atoms with Gasteiger partial charge < -0.3 is 10.6 Å². The van der Waals surface area contributed by atoms with Gasteiger partial charge in [0.15, 0.2) is 0 Å². The first-order valence-electron chi connectivity index (χ1n) is 6.40. The number of hydrogen-bond acceptors (Lipinski definition) is 2. The predicted octanol–water partition coefficient (Wildman–Crippen LogP) is 2.01. The minimum absolute atomic E-state index is 0.00719. The first kappa shape index (κ1) is 12.1. The molecule has 0 aliphatic carbocycles. The number of amides is 1. The molecule has 1 heterocycles. The first-order valence-corrected chi connectivity index (χ1v) is 6.40. The zero-order chi connectivity index (χ0) is 12.1. The number of carbonyl (C=O) groups excluding carboxylic acids is 1. The third-order valence-corrected chi connectivity index (χ3v) is 3.30. The van der Waals surface area contributed by atoms with Crippen LogP contribution in [0.15, 0.2) is 30.3 Å². The summed E-state index contributed by atoms with van der Waals surface area (Å²) in [5, 5.41) is 6.35. The predicted molar refractivity (Wildman–Crippen MR) is 68.6 cm³/mol. The maximum atomic E-state index is 12.0. The van der Waals surface area contributed by atoms with E-state index < -0.39 is 0 Å². The molecule has 0 saturated carbocycles. The van der Waals surface area contributed by atoms with E-state index in [0.717, 1.165) is 25.8 Å². The van der Waals surface area contributed by atoms with Crippen molar-refractivity contribution in [2.45, 2.75) is 38.3 Å². The van der Waals surface area contributed by atoms with Crippen LogP contribution in [0, 0.1) is 0 Å². The van der Waals surface area contributed by atoms with Gasteiger partial charge in [-0.15, -0.1) is 0 Å². The summed E-state index contributed by atoms with van der Waals surface area (Å²) in [5.41, 5.74) is 1.18. The quantitative estimate of drug-likeness (QED) is 0.833. The molecule has 1 aliphatic heterocycles. The Balaban J connectivity index is 1.97. The lowest BCUT2D eigenvalue weighted by atomic mass is 10.0. The molecule has 0 radical (unpaired) electrons. The molecule has 1 fully saturated rings. The van der Waals surface area contributed by atoms with Crippen LogP contribution in [0.4, 0.5) is 0 Å². The van der Waals surface area contributed by atoms with Crippen LogP contribution in [-0.4, -0.2) is 18.5 Å². The molecule has 0 spiro atoms. The van der Waals surface area contributed by atoms with E-state index in [1.165, 1.54) is 5.56 Å². The van der Waals surface area contributed by atoms with E-state index in [-0.39, 0.29) is 18.0 Å². The smallest absolute Gasteiger partial charge is 0.237 e. The van der Waals surface area contributed by atoms with Crippen LogP contribution in [0.5, 0.6) is 0 Å². The Hall–Kier alpha value is -1.35. The summed E-state index contributed by atoms with van der Waals surface area (Å²) in [6.07, 6.45) is 2.97. The second kappa shape index (κ2) is 5.82. The number of rotatable bonds is 4. The van der Waals surface area contributed by atoms with Crippen LogP contribution in [0.1, 0.15) is 37.8 Å². The normalized spacial score (nSPS) is 21.1. The molecule has 0 bridgehead atoms. The van der Waals surface area contributed by atoms with Crippen molar-refractivity contribution in [3.05, 3.63) is 35.9 Å². The van der Waals surface area contributed by atoms with Gasteiger partial charge in [-0.2, -0.15) is 0 Å². The summed E-state index contributed by atoms with van der Waals surface area (Å²) in [5.74, 6) is 0.137. The molecule has 1 aromatic rings. The van der Waals surface area contributed by atoms with E-state index in [9.17, 15) is 4.79 Å². The molecule has 1 aliphatic rings. The zero-order valence-electron chi connectivity index (χ0n) is 10.3. The van der Waals surface area contributed by atoms with E-state index in [0.29, 0.717) is 0 Å². The van der Waals surface area contributed by atoms with Crippen molar-refractivity contribution in [1.29, 1.82) is 0 Å². The molecule has 3 nitrogen and oxygen atoms in total. The fourth-order valence-electron chi connectivity index (χ4n) is 2.29. The summed E-state index contributed by atoms with van der Waals surface area (Å²) in [6, 6.07) is 10.3. The summed E-state index contributed by atoms with van der Waals surface area (Å²) >= 11 is 0. The summed E-state index contributed by atoms with van der Waals surface area (Å²) < 4.78 is 0. The lowest BCUT2D eigenvalue weighted by Crippen LogP contribution is -2.41. The maximum absolute atomic E-state index is 12.0. The summed E-state index contributed by atoms with van der Waals surface area (Å²) in [6.45, 7) is 3.06. The molecular weight excluding hydrogens is 212 g/mol. The molecular formula is C14H20N2O. The highest BCUT2D eigenvalue weighted by Gasteiger charge is 2.23. The lowest BCUT2D eigenvalue weighted by Gasteiger charge is -2.20. The Morgan fingerprint density at radius 2 is 2.24 bits per heavy atom. The number of carbonyl (C=O) groups is 1. The second-order valence-corrected chi connectivity index (χ2v) is 4.53. The number of hydrogen-bond donors (Lipinski definition) is 2. The molecule has 1 amide bonds. The second-order valence-electron chi connectivity index (χ2n) is 4.53. The van der Waals surface area contributed by atoms with E-state index in [1.54, 1.807) is 0 Å². The molecule has 17 heavy (non-hydrogen) atoms. The topological polar surface area (TPSA) is 41.1 Å². The third-order valence-electron chi connectivity index (χ3n) is 3.30. The fourth-order valence-corrected chi connectivity index (χ4v) is 2.29. The average molecular weight is 232 g/mol. The molecule has 2 rings (SSSR count). The van der Waals surface area contributed by atoms with E-state index in [2.05, 4.69) is 29.7 Å². The molecule has 0 aromatic heterocycles. The summed E-state index contributed by atoms with van der Waals surface area (Å²) in [4.78, 5) is 12.0. The van der Waals surface area contributed by atoms with Crippen molar-refractivity contribution >= 4 is 5.91 Å². The largest absolute Gasteiger partial charge is 0.348 e. The van der Waals surface area contributed by atoms with Crippen molar-refractivity contribution in [1.82, 2.24) is 10.6 Å². The monoisotopic (exact) mass is 232 g/mol. The Morgan fingerprint density at radius 1 is 1.47 bits per heavy atom. The standard InChI is InChI=1S/C14H20N2O/c1-2-12(11-7-4-3-5-8-11)16-14(17)13-9-6-10-15-13/h3-5,7-8,12-13,15H,2,6,9-10H2,1H3,(H,16,17)/t12?,13-/m1/s1. The van der Waals surface area contributed by atoms with Crippen LogP contribution < -0.4 is 10.6 Å². The van der Waals surface area contributed by atoms with Crippen LogP contribution >= 0.6 is 0 Å². The molecule has 1 aromatic carbocycles. The highest BCUT2D eigenvalue weighted by molar-refractivity contribution is 5.82. The van der Waals surface area contributed by atoms with Gasteiger partial charge in [0.1, 0.15) is 0 Å². The third kappa shape index (κ3) is 3.07. The molecule has 92 valence electrons. The van der Waals surface area contributed by atoms with Gasteiger partial charge in [-0.1, -0.05) is 37.3 Å². The molecule has 3 heteroatoms. The molecule has 2 N–H and O–H groups in total. The van der Waals surface area contributed by atoms with Crippen LogP contribution in [0.3, 0.4) is 0 Å². The number of benzene rings is 1. The SMILES string of the molecule is CCC(NC(=O)[C@H]1CCCN1)c1ccccc1. The van der Waals surface area contributed by atoms with Gasteiger partial charge in [-0.3, -0.25) is 4.79 Å². The van der Waals surface area contributed by atoms with Crippen molar-refractivity contribution in [3.8, 4) is 0 Å². The van der Waals surface area contributed by atoms with E-state index >= 15 is 0 Å². The summed E-state index contributed by atoms with van der Waals surface area (Å²) in [7, 11) is 0. The van der Waals surface area contributed by atoms with Gasteiger partial charge in [0.25, 0.3) is 0 Å². The van der Waals surface area contributed by atoms with Crippen molar-refractivity contribution < 1.29 is 4.79 Å². The number of nitrogens with one attached hydrogen (secondary N) is 2. The van der Waals surface area contributed by atoms with Gasteiger partial charge in [0, 0.05) is 0 Å². The van der Waals surface area contributed by atoms with Gasteiger partial charge >= 0.3 is 0 Å². The highest BCUT2D eigenvalue weighted by Crippen LogP contribution is 2.16. The Labute approximate surface area is 103 Å². The minimum atomic E-state index is 0.00719. The van der Waals surface area contributed by atoms with Gasteiger partial charge in [-0.05, 0) is 31.4 Å². The maximum Gasteiger partial charge on any atom is 0.237 e. The van der Waals surface area contributed by atoms with Crippen molar-refractivity contribution in [3.63, 3.8) is 0 Å². The zero-order valence-corrected chi connectivity index (χ0v) is 10.3. The molecule has 1 unspecified atom stereocenters. The van der Waals surface area contributed by atoms with Crippen LogP contribution in [0.25, 0.3) is 0 Å². The Kier molecular flexibility index (Phi) is 4.15. The Morgan fingerprint density at radius 3 is 2.82 bits per heavy atom. The van der Waals surface area contributed by atoms with E-state index in [1.807, 2.05) is 18.2 Å². The fraction of sp³-hybridized carbons (Fsp3) is 0.500. The highest BCUT2D eigenvalue weighted by atomic mass is 16.2. The molecule has 1 saturated heterocycles. The first-order chi connectivity index (χ1) is 8.31. The Bertz CT molecular complexity index is 358.